The van der Waals surface area contributed by atoms with Crippen molar-refractivity contribution in [3.05, 3.63) is 52.5 Å². The number of hydrogen-bond donors (Lipinski definition) is 1. The number of likely N-dealkylation sites (tertiary alicyclic amines) is 2. The lowest BCUT2D eigenvalue weighted by molar-refractivity contribution is -0.138. The van der Waals surface area contributed by atoms with Gasteiger partial charge in [0, 0.05) is 36.9 Å². The average Bonchev–Trinajstić information content (AvgIpc) is 3.44. The third kappa shape index (κ3) is 5.07. The van der Waals surface area contributed by atoms with E-state index in [-0.39, 0.29) is 11.5 Å². The quantitative estimate of drug-likeness (QED) is 0.711. The Morgan fingerprint density at radius 3 is 2.74 bits per heavy atom. The number of rotatable bonds is 7. The molecule has 0 aliphatic carbocycles. The molecule has 4 heterocycles. The van der Waals surface area contributed by atoms with Crippen LogP contribution in [0.1, 0.15) is 42.2 Å². The minimum absolute atomic E-state index is 0.0496. The van der Waals surface area contributed by atoms with E-state index in [1.165, 1.54) is 7.11 Å². The van der Waals surface area contributed by atoms with Crippen LogP contribution < -0.4 is 5.32 Å². The third-order valence-electron chi connectivity index (χ3n) is 6.61. The molecule has 0 radical (unpaired) electrons. The predicted molar refractivity (Wildman–Crippen MR) is 120 cm³/mol. The van der Waals surface area contributed by atoms with Crippen molar-refractivity contribution in [2.75, 3.05) is 33.3 Å². The molecule has 2 amide bonds. The van der Waals surface area contributed by atoms with Crippen LogP contribution in [0.2, 0.25) is 0 Å². The van der Waals surface area contributed by atoms with Crippen LogP contribution in [0.3, 0.4) is 0 Å². The van der Waals surface area contributed by atoms with Gasteiger partial charge in [0.1, 0.15) is 0 Å². The molecular formula is C23H30N4O3S. The molecule has 2 saturated heterocycles. The van der Waals surface area contributed by atoms with Crippen molar-refractivity contribution < 1.29 is 14.3 Å². The topological polar surface area (TPSA) is 74.8 Å². The molecule has 0 aromatic carbocycles. The standard InChI is InChI=1S/C23H30N4O3S/c1-30-22(29)25-19(20-5-3-15-31-20)6-11-26-12-7-23(8-13-26)9-14-27(21(23)28)17-18-4-2-10-24-16-18/h2-5,10,15-16,19H,6-9,11-14,17H2,1H3,(H,25,29). The molecule has 7 nitrogen and oxygen atoms in total. The van der Waals surface area contributed by atoms with Crippen molar-refractivity contribution in [2.45, 2.75) is 38.3 Å². The van der Waals surface area contributed by atoms with E-state index < -0.39 is 6.09 Å². The first-order valence-electron chi connectivity index (χ1n) is 10.9. The summed E-state index contributed by atoms with van der Waals surface area (Å²) < 4.78 is 4.79. The Hall–Kier alpha value is -2.45. The Kier molecular flexibility index (Phi) is 6.87. The number of nitrogens with one attached hydrogen (secondary N) is 1. The molecule has 2 aromatic heterocycles. The van der Waals surface area contributed by atoms with Crippen LogP contribution in [0.15, 0.2) is 42.0 Å². The summed E-state index contributed by atoms with van der Waals surface area (Å²) in [6.07, 6.45) is 6.78. The molecule has 2 fully saturated rings. The molecule has 2 aliphatic heterocycles. The number of amides is 2. The van der Waals surface area contributed by atoms with E-state index in [0.717, 1.165) is 62.3 Å². The SMILES string of the molecule is COC(=O)NC(CCN1CCC2(CC1)CCN(Cc1cccnc1)C2=O)c1cccs1. The number of alkyl carbamates (subject to hydrolysis) is 1. The smallest absolute Gasteiger partial charge is 0.407 e. The summed E-state index contributed by atoms with van der Waals surface area (Å²) in [7, 11) is 1.39. The van der Waals surface area contributed by atoms with Gasteiger partial charge in [0.05, 0.1) is 18.6 Å². The number of pyridine rings is 1. The molecule has 1 spiro atoms. The van der Waals surface area contributed by atoms with Gasteiger partial charge in [0.25, 0.3) is 0 Å². The van der Waals surface area contributed by atoms with Crippen LogP contribution in [0, 0.1) is 5.41 Å². The van der Waals surface area contributed by atoms with Gasteiger partial charge in [-0.2, -0.15) is 0 Å². The Morgan fingerprint density at radius 1 is 1.26 bits per heavy atom. The first kappa shape index (κ1) is 21.8. The van der Waals surface area contributed by atoms with E-state index in [1.807, 2.05) is 40.7 Å². The highest BCUT2D eigenvalue weighted by atomic mass is 32.1. The molecular weight excluding hydrogens is 412 g/mol. The lowest BCUT2D eigenvalue weighted by atomic mass is 9.77. The van der Waals surface area contributed by atoms with Gasteiger partial charge in [-0.05, 0) is 61.8 Å². The van der Waals surface area contributed by atoms with E-state index in [4.69, 9.17) is 4.74 Å². The van der Waals surface area contributed by atoms with E-state index in [2.05, 4.69) is 15.2 Å². The van der Waals surface area contributed by atoms with Gasteiger partial charge in [-0.1, -0.05) is 12.1 Å². The molecule has 0 bridgehead atoms. The van der Waals surface area contributed by atoms with E-state index in [9.17, 15) is 9.59 Å². The second-order valence-electron chi connectivity index (χ2n) is 8.45. The van der Waals surface area contributed by atoms with Crippen LogP contribution in [0.5, 0.6) is 0 Å². The number of nitrogens with zero attached hydrogens (tertiary/aromatic N) is 3. The summed E-state index contributed by atoms with van der Waals surface area (Å²) in [6.45, 7) is 4.21. The van der Waals surface area contributed by atoms with Crippen molar-refractivity contribution in [1.29, 1.82) is 0 Å². The van der Waals surface area contributed by atoms with Crippen LogP contribution in [-0.2, 0) is 16.1 Å². The van der Waals surface area contributed by atoms with Gasteiger partial charge in [-0.15, -0.1) is 11.3 Å². The van der Waals surface area contributed by atoms with E-state index in [0.29, 0.717) is 12.5 Å². The van der Waals surface area contributed by atoms with Gasteiger partial charge >= 0.3 is 6.09 Å². The monoisotopic (exact) mass is 442 g/mol. The number of hydrogen-bond acceptors (Lipinski definition) is 6. The highest BCUT2D eigenvalue weighted by Crippen LogP contribution is 2.42. The zero-order valence-electron chi connectivity index (χ0n) is 18.0. The second-order valence-corrected chi connectivity index (χ2v) is 9.43. The number of aromatic nitrogens is 1. The Balaban J connectivity index is 1.29. The lowest BCUT2D eigenvalue weighted by Crippen LogP contribution is -2.45. The number of carbonyl (C=O) groups is 2. The normalized spacial score (nSPS) is 19.5. The van der Waals surface area contributed by atoms with Gasteiger partial charge in [-0.3, -0.25) is 9.78 Å². The van der Waals surface area contributed by atoms with Crippen LogP contribution in [0.25, 0.3) is 0 Å². The molecule has 1 atom stereocenters. The maximum Gasteiger partial charge on any atom is 0.407 e. The molecule has 0 saturated carbocycles. The minimum atomic E-state index is -0.402. The summed E-state index contributed by atoms with van der Waals surface area (Å²) >= 11 is 1.64. The maximum absolute atomic E-state index is 13.2. The lowest BCUT2D eigenvalue weighted by Gasteiger charge is -2.38. The van der Waals surface area contributed by atoms with Crippen molar-refractivity contribution >= 4 is 23.3 Å². The van der Waals surface area contributed by atoms with Gasteiger partial charge in [-0.25, -0.2) is 4.79 Å². The molecule has 4 rings (SSSR count). The number of ether oxygens (including phenoxy) is 1. The summed E-state index contributed by atoms with van der Waals surface area (Å²) in [5.41, 5.74) is 0.888. The van der Waals surface area contributed by atoms with Crippen molar-refractivity contribution in [2.24, 2.45) is 5.41 Å². The largest absolute Gasteiger partial charge is 0.453 e. The highest BCUT2D eigenvalue weighted by molar-refractivity contribution is 7.10. The summed E-state index contributed by atoms with van der Waals surface area (Å²) in [5.74, 6) is 0.305. The summed E-state index contributed by atoms with van der Waals surface area (Å²) in [5, 5.41) is 4.97. The zero-order chi connectivity index (χ0) is 21.7. The third-order valence-corrected chi connectivity index (χ3v) is 7.59. The van der Waals surface area contributed by atoms with E-state index >= 15 is 0 Å². The number of carbonyl (C=O) groups excluding carboxylic acids is 2. The average molecular weight is 443 g/mol. The number of methoxy groups -OCH3 is 1. The second kappa shape index (κ2) is 9.78. The Labute approximate surface area is 187 Å². The fourth-order valence-electron chi connectivity index (χ4n) is 4.71. The summed E-state index contributed by atoms with van der Waals surface area (Å²) in [4.78, 5) is 34.7. The van der Waals surface area contributed by atoms with Gasteiger partial charge in [0.15, 0.2) is 0 Å². The van der Waals surface area contributed by atoms with E-state index in [1.54, 1.807) is 17.5 Å². The Morgan fingerprint density at radius 2 is 2.06 bits per heavy atom. The van der Waals surface area contributed by atoms with Crippen molar-refractivity contribution in [1.82, 2.24) is 20.1 Å². The fourth-order valence-corrected chi connectivity index (χ4v) is 5.52. The van der Waals surface area contributed by atoms with Gasteiger partial charge < -0.3 is 19.9 Å². The summed E-state index contributed by atoms with van der Waals surface area (Å²) in [6, 6.07) is 7.94. The molecule has 1 unspecified atom stereocenters. The Bertz CT molecular complexity index is 866. The van der Waals surface area contributed by atoms with Gasteiger partial charge in [0.2, 0.25) is 5.91 Å². The first-order chi connectivity index (χ1) is 15.1. The molecule has 8 heteroatoms. The number of piperidine rings is 1. The first-order valence-corrected chi connectivity index (χ1v) is 11.8. The number of thiophene rings is 1. The van der Waals surface area contributed by atoms with Crippen LogP contribution in [0.4, 0.5) is 4.79 Å². The van der Waals surface area contributed by atoms with Crippen molar-refractivity contribution in [3.8, 4) is 0 Å². The fraction of sp³-hybridized carbons (Fsp3) is 0.522. The van der Waals surface area contributed by atoms with Crippen molar-refractivity contribution in [3.63, 3.8) is 0 Å². The predicted octanol–water partition coefficient (Wildman–Crippen LogP) is 3.45. The maximum atomic E-state index is 13.2. The molecule has 2 aliphatic rings. The minimum Gasteiger partial charge on any atom is -0.453 e. The highest BCUT2D eigenvalue weighted by Gasteiger charge is 2.47. The molecule has 2 aromatic rings. The zero-order valence-corrected chi connectivity index (χ0v) is 18.8. The molecule has 1 N–H and O–H groups in total. The van der Waals surface area contributed by atoms with Crippen LogP contribution >= 0.6 is 11.3 Å². The van der Waals surface area contributed by atoms with Crippen LogP contribution in [-0.4, -0.2) is 60.1 Å². The molecule has 166 valence electrons. The molecule has 31 heavy (non-hydrogen) atoms.